The second kappa shape index (κ2) is 3.30. The quantitative estimate of drug-likeness (QED) is 0.560. The molecule has 7 heteroatoms. The summed E-state index contributed by atoms with van der Waals surface area (Å²) in [5, 5.41) is 8.53. The van der Waals surface area contributed by atoms with E-state index in [0.29, 0.717) is 0 Å². The van der Waals surface area contributed by atoms with Gasteiger partial charge in [0, 0.05) is 0 Å². The second-order valence-electron chi connectivity index (χ2n) is 2.44. The van der Waals surface area contributed by atoms with E-state index in [4.69, 9.17) is 5.11 Å². The Labute approximate surface area is 75.3 Å². The zero-order valence-corrected chi connectivity index (χ0v) is 6.71. The third-order valence-corrected chi connectivity index (χ3v) is 1.53. The molecule has 0 amide bonds. The van der Waals surface area contributed by atoms with Gasteiger partial charge in [-0.15, -0.1) is 0 Å². The summed E-state index contributed by atoms with van der Waals surface area (Å²) in [6.45, 7) is 5.16. The van der Waals surface area contributed by atoms with Crippen molar-refractivity contribution in [2.75, 3.05) is 0 Å². The molecule has 0 aromatic carbocycles. The van der Waals surface area contributed by atoms with Crippen LogP contribution >= 0.6 is 0 Å². The van der Waals surface area contributed by atoms with E-state index in [1.165, 1.54) is 0 Å². The van der Waals surface area contributed by atoms with E-state index in [-0.39, 0.29) is 6.08 Å². The number of halogens is 6. The molecule has 0 aromatic rings. The zero-order valence-electron chi connectivity index (χ0n) is 6.71. The Kier molecular flexibility index (Phi) is 3.07. The van der Waals surface area contributed by atoms with E-state index in [9.17, 15) is 26.3 Å². The fraction of sp³-hybridized carbons (Fsp3) is 0.429. The van der Waals surface area contributed by atoms with E-state index < -0.39 is 23.5 Å². The first-order valence-electron chi connectivity index (χ1n) is 3.16. The largest absolute Gasteiger partial charge is 0.430 e. The van der Waals surface area contributed by atoms with E-state index in [2.05, 4.69) is 13.2 Å². The average Bonchev–Trinajstić information content (AvgIpc) is 1.97. The minimum Gasteiger partial charge on any atom is -0.370 e. The maximum atomic E-state index is 12.0. The van der Waals surface area contributed by atoms with Gasteiger partial charge in [0.2, 0.25) is 0 Å². The van der Waals surface area contributed by atoms with Gasteiger partial charge in [0.25, 0.3) is 5.60 Å². The van der Waals surface area contributed by atoms with Crippen molar-refractivity contribution in [2.24, 2.45) is 0 Å². The summed E-state index contributed by atoms with van der Waals surface area (Å²) in [6.07, 6.45) is -11.5. The Balaban J connectivity index is 5.52. The second-order valence-corrected chi connectivity index (χ2v) is 2.44. The highest BCUT2D eigenvalue weighted by Crippen LogP contribution is 2.47. The molecule has 1 nitrogen and oxygen atoms in total. The molecule has 0 saturated heterocycles. The molecular weight excluding hydrogens is 214 g/mol. The maximum Gasteiger partial charge on any atom is 0.430 e. The lowest BCUT2D eigenvalue weighted by Gasteiger charge is -2.32. The van der Waals surface area contributed by atoms with E-state index >= 15 is 0 Å². The minimum atomic E-state index is -5.88. The number of aliphatic hydroxyl groups is 1. The summed E-state index contributed by atoms with van der Waals surface area (Å²) in [5.41, 5.74) is -6.49. The molecule has 0 aliphatic carbocycles. The van der Waals surface area contributed by atoms with E-state index in [1.54, 1.807) is 0 Å². The van der Waals surface area contributed by atoms with Gasteiger partial charge in [-0.05, 0) is 5.57 Å². The standard InChI is InChI=1S/C7H6F6O/c1-3-4(2)5(14,6(8,9)10)7(11,12)13/h3,14H,1-2H2. The van der Waals surface area contributed by atoms with Crippen LogP contribution in [0.1, 0.15) is 0 Å². The Hall–Kier alpha value is -0.980. The van der Waals surface area contributed by atoms with Crippen LogP contribution in [0.4, 0.5) is 26.3 Å². The molecule has 0 spiro atoms. The Morgan fingerprint density at radius 2 is 1.29 bits per heavy atom. The van der Waals surface area contributed by atoms with Gasteiger partial charge < -0.3 is 5.11 Å². The molecular formula is C7H6F6O. The molecule has 0 heterocycles. The lowest BCUT2D eigenvalue weighted by Crippen LogP contribution is -2.57. The van der Waals surface area contributed by atoms with Crippen LogP contribution in [-0.2, 0) is 0 Å². The van der Waals surface area contributed by atoms with Crippen LogP contribution in [-0.4, -0.2) is 23.1 Å². The fourth-order valence-corrected chi connectivity index (χ4v) is 0.673. The van der Waals surface area contributed by atoms with Crippen molar-refractivity contribution in [3.8, 4) is 0 Å². The summed E-state index contributed by atoms with van der Waals surface area (Å²) < 4.78 is 71.8. The number of alkyl halides is 6. The van der Waals surface area contributed by atoms with Crippen LogP contribution in [0.3, 0.4) is 0 Å². The highest BCUT2D eigenvalue weighted by atomic mass is 19.4. The van der Waals surface area contributed by atoms with Gasteiger partial charge in [0.15, 0.2) is 0 Å². The monoisotopic (exact) mass is 220 g/mol. The van der Waals surface area contributed by atoms with Gasteiger partial charge in [-0.1, -0.05) is 19.2 Å². The van der Waals surface area contributed by atoms with Crippen molar-refractivity contribution in [1.82, 2.24) is 0 Å². The van der Waals surface area contributed by atoms with Crippen LogP contribution < -0.4 is 0 Å². The SMILES string of the molecule is C=CC(=C)C(O)(C(F)(F)F)C(F)(F)F. The molecule has 0 fully saturated rings. The summed E-state index contributed by atoms with van der Waals surface area (Å²) >= 11 is 0. The molecule has 0 rings (SSSR count). The first-order chi connectivity index (χ1) is 5.98. The van der Waals surface area contributed by atoms with Crippen LogP contribution in [0.25, 0.3) is 0 Å². The lowest BCUT2D eigenvalue weighted by molar-refractivity contribution is -0.350. The third kappa shape index (κ3) is 1.77. The number of rotatable bonds is 2. The molecule has 0 aromatic heterocycles. The molecule has 14 heavy (non-hydrogen) atoms. The highest BCUT2D eigenvalue weighted by molar-refractivity contribution is 5.29. The van der Waals surface area contributed by atoms with Crippen molar-refractivity contribution in [2.45, 2.75) is 18.0 Å². The Bertz CT molecular complexity index is 234. The van der Waals surface area contributed by atoms with Crippen LogP contribution in [0, 0.1) is 0 Å². The molecule has 0 atom stereocenters. The van der Waals surface area contributed by atoms with Gasteiger partial charge in [-0.2, -0.15) is 26.3 Å². The molecule has 1 N–H and O–H groups in total. The molecule has 0 radical (unpaired) electrons. The smallest absolute Gasteiger partial charge is 0.370 e. The average molecular weight is 220 g/mol. The summed E-state index contributed by atoms with van der Waals surface area (Å²) in [6, 6.07) is 0. The van der Waals surface area contributed by atoms with Gasteiger partial charge >= 0.3 is 12.4 Å². The fourth-order valence-electron chi connectivity index (χ4n) is 0.673. The maximum absolute atomic E-state index is 12.0. The van der Waals surface area contributed by atoms with Crippen molar-refractivity contribution in [1.29, 1.82) is 0 Å². The zero-order chi connectivity index (χ0) is 11.8. The highest BCUT2D eigenvalue weighted by Gasteiger charge is 2.71. The molecule has 0 unspecified atom stereocenters. The van der Waals surface area contributed by atoms with Crippen molar-refractivity contribution in [3.05, 3.63) is 24.8 Å². The van der Waals surface area contributed by atoms with Crippen LogP contribution in [0.5, 0.6) is 0 Å². The van der Waals surface area contributed by atoms with Crippen molar-refractivity contribution >= 4 is 0 Å². The molecule has 0 aliphatic heterocycles. The third-order valence-electron chi connectivity index (χ3n) is 1.53. The Morgan fingerprint density at radius 1 is 1.00 bits per heavy atom. The van der Waals surface area contributed by atoms with Gasteiger partial charge in [0.05, 0.1) is 0 Å². The van der Waals surface area contributed by atoms with E-state index in [0.717, 1.165) is 0 Å². The predicted octanol–water partition coefficient (Wildman–Crippen LogP) is 2.58. The van der Waals surface area contributed by atoms with Crippen molar-refractivity contribution in [3.63, 3.8) is 0 Å². The van der Waals surface area contributed by atoms with Crippen LogP contribution in [0.15, 0.2) is 24.8 Å². The summed E-state index contributed by atoms with van der Waals surface area (Å²) in [5.74, 6) is 0. The summed E-state index contributed by atoms with van der Waals surface area (Å²) in [7, 11) is 0. The number of hydrogen-bond donors (Lipinski definition) is 1. The molecule has 0 aliphatic rings. The van der Waals surface area contributed by atoms with Gasteiger partial charge in [-0.3, -0.25) is 0 Å². The summed E-state index contributed by atoms with van der Waals surface area (Å²) in [4.78, 5) is 0. The first-order valence-corrected chi connectivity index (χ1v) is 3.16. The molecule has 0 saturated carbocycles. The van der Waals surface area contributed by atoms with Gasteiger partial charge in [0.1, 0.15) is 0 Å². The molecule has 82 valence electrons. The molecule has 0 bridgehead atoms. The van der Waals surface area contributed by atoms with Gasteiger partial charge in [-0.25, -0.2) is 0 Å². The Morgan fingerprint density at radius 3 is 1.36 bits per heavy atom. The predicted molar refractivity (Wildman–Crippen MR) is 36.4 cm³/mol. The van der Waals surface area contributed by atoms with Crippen LogP contribution in [0.2, 0.25) is 0 Å². The lowest BCUT2D eigenvalue weighted by atomic mass is 9.93. The van der Waals surface area contributed by atoms with Crippen molar-refractivity contribution < 1.29 is 31.4 Å². The normalized spacial score (nSPS) is 13.9. The minimum absolute atomic E-state index is 0.209. The number of hydrogen-bond acceptors (Lipinski definition) is 1. The first kappa shape index (κ1) is 13.0. The topological polar surface area (TPSA) is 20.2 Å². The van der Waals surface area contributed by atoms with E-state index in [1.807, 2.05) is 0 Å².